The van der Waals surface area contributed by atoms with Crippen molar-refractivity contribution in [2.45, 2.75) is 6.10 Å². The van der Waals surface area contributed by atoms with Crippen LogP contribution in [0.2, 0.25) is 10.0 Å². The van der Waals surface area contributed by atoms with Gasteiger partial charge in [0.1, 0.15) is 24.0 Å². The Morgan fingerprint density at radius 2 is 1.93 bits per heavy atom. The number of aliphatic hydroxyl groups is 1. The topological polar surface area (TPSA) is 110 Å². The van der Waals surface area contributed by atoms with Crippen molar-refractivity contribution < 1.29 is 24.4 Å². The lowest BCUT2D eigenvalue weighted by atomic mass is 10.1. The maximum atomic E-state index is 12.5. The molecular formula is C17H12Cl2N2O6. The quantitative estimate of drug-likeness (QED) is 0.445. The van der Waals surface area contributed by atoms with E-state index in [9.17, 15) is 24.8 Å². The molecule has 1 aliphatic heterocycles. The number of nitrogens with zero attached hydrogens (tertiary/aromatic N) is 2. The van der Waals surface area contributed by atoms with Crippen LogP contribution in [0.15, 0.2) is 36.4 Å². The number of carbonyl (C=O) groups excluding carboxylic acids is 2. The molecule has 10 heteroatoms. The van der Waals surface area contributed by atoms with Gasteiger partial charge in [0.15, 0.2) is 0 Å². The van der Waals surface area contributed by atoms with Crippen LogP contribution < -0.4 is 4.74 Å². The van der Waals surface area contributed by atoms with Gasteiger partial charge in [0, 0.05) is 17.2 Å². The minimum absolute atomic E-state index is 0.0693. The van der Waals surface area contributed by atoms with Crippen LogP contribution in [0.3, 0.4) is 0 Å². The highest BCUT2D eigenvalue weighted by molar-refractivity contribution is 6.34. The molecule has 0 fully saturated rings. The number of ether oxygens (including phenoxy) is 1. The number of aliphatic hydroxyl groups excluding tert-OH is 1. The van der Waals surface area contributed by atoms with E-state index >= 15 is 0 Å². The van der Waals surface area contributed by atoms with Crippen LogP contribution in [0.4, 0.5) is 5.69 Å². The average Bonchev–Trinajstić information content (AvgIpc) is 2.87. The number of hydrogen-bond acceptors (Lipinski definition) is 6. The molecule has 1 aliphatic rings. The number of nitro benzene ring substituents is 1. The summed E-state index contributed by atoms with van der Waals surface area (Å²) in [6.45, 7) is -0.656. The van der Waals surface area contributed by atoms with Crippen molar-refractivity contribution in [2.75, 3.05) is 13.2 Å². The van der Waals surface area contributed by atoms with Crippen LogP contribution in [0.1, 0.15) is 20.7 Å². The van der Waals surface area contributed by atoms with Gasteiger partial charge < -0.3 is 9.84 Å². The number of nitro groups is 1. The predicted molar refractivity (Wildman–Crippen MR) is 96.4 cm³/mol. The number of halogens is 2. The highest BCUT2D eigenvalue weighted by Crippen LogP contribution is 2.31. The number of imide groups is 1. The first-order chi connectivity index (χ1) is 12.8. The fraction of sp³-hybridized carbons (Fsp3) is 0.176. The van der Waals surface area contributed by atoms with Gasteiger partial charge in [-0.1, -0.05) is 29.3 Å². The largest absolute Gasteiger partial charge is 0.489 e. The number of β-amino-alcohol motifs (C(OH)–C–C–N with tert-alkyl or cyclic N) is 1. The van der Waals surface area contributed by atoms with E-state index < -0.39 is 28.5 Å². The first-order valence-electron chi connectivity index (χ1n) is 7.69. The van der Waals surface area contributed by atoms with Gasteiger partial charge >= 0.3 is 0 Å². The fourth-order valence-electron chi connectivity index (χ4n) is 2.67. The van der Waals surface area contributed by atoms with Crippen molar-refractivity contribution in [3.8, 4) is 5.75 Å². The molecule has 27 heavy (non-hydrogen) atoms. The zero-order valence-electron chi connectivity index (χ0n) is 13.6. The van der Waals surface area contributed by atoms with E-state index in [-0.39, 0.29) is 35.1 Å². The lowest BCUT2D eigenvalue weighted by molar-refractivity contribution is -0.385. The molecule has 2 aromatic rings. The standard InChI is InChI=1S/C17H12Cl2N2O6/c18-9-4-5-12(19)14(6-9)27-8-10(22)7-20-16(23)11-2-1-3-13(21(25)26)15(11)17(20)24/h1-6,10,22H,7-8H2/t10-/m0/s1. The number of hydrogen-bond donors (Lipinski definition) is 1. The summed E-state index contributed by atoms with van der Waals surface area (Å²) < 4.78 is 5.38. The Labute approximate surface area is 163 Å². The second kappa shape index (κ2) is 7.51. The minimum atomic E-state index is -1.23. The third-order valence-corrected chi connectivity index (χ3v) is 4.44. The summed E-state index contributed by atoms with van der Waals surface area (Å²) in [7, 11) is 0. The monoisotopic (exact) mass is 410 g/mol. The Kier molecular flexibility index (Phi) is 5.31. The van der Waals surface area contributed by atoms with E-state index in [4.69, 9.17) is 27.9 Å². The van der Waals surface area contributed by atoms with Crippen LogP contribution in [0.5, 0.6) is 5.75 Å². The zero-order chi connectivity index (χ0) is 19.7. The second-order valence-corrected chi connectivity index (χ2v) is 6.56. The third kappa shape index (κ3) is 3.73. The van der Waals surface area contributed by atoms with E-state index in [1.165, 1.54) is 24.3 Å². The van der Waals surface area contributed by atoms with E-state index in [0.29, 0.717) is 5.02 Å². The van der Waals surface area contributed by atoms with Crippen molar-refractivity contribution in [3.05, 3.63) is 67.7 Å². The van der Waals surface area contributed by atoms with Crippen LogP contribution in [0, 0.1) is 10.1 Å². The summed E-state index contributed by atoms with van der Waals surface area (Å²) in [6.07, 6.45) is -1.23. The number of carbonyl (C=O) groups is 2. The van der Waals surface area contributed by atoms with Crippen molar-refractivity contribution in [1.82, 2.24) is 4.90 Å². The summed E-state index contributed by atoms with van der Waals surface area (Å²) in [5, 5.41) is 21.9. The molecule has 1 heterocycles. The summed E-state index contributed by atoms with van der Waals surface area (Å²) in [4.78, 5) is 36.0. The van der Waals surface area contributed by atoms with E-state index in [2.05, 4.69) is 0 Å². The lowest BCUT2D eigenvalue weighted by Crippen LogP contribution is -2.39. The fourth-order valence-corrected chi connectivity index (χ4v) is 3.01. The molecule has 0 radical (unpaired) electrons. The van der Waals surface area contributed by atoms with Gasteiger partial charge in [-0.25, -0.2) is 0 Å². The molecule has 1 N–H and O–H groups in total. The van der Waals surface area contributed by atoms with Gasteiger partial charge in [-0.3, -0.25) is 24.6 Å². The van der Waals surface area contributed by atoms with Gasteiger partial charge in [-0.05, 0) is 18.2 Å². The number of rotatable bonds is 6. The molecule has 0 aliphatic carbocycles. The molecule has 2 aromatic carbocycles. The van der Waals surface area contributed by atoms with Crippen LogP contribution >= 0.6 is 23.2 Å². The van der Waals surface area contributed by atoms with E-state index in [1.54, 1.807) is 6.07 Å². The SMILES string of the molecule is O=C1c2cccc([N+](=O)[O-])c2C(=O)N1C[C@H](O)COc1cc(Cl)ccc1Cl. The normalized spacial score (nSPS) is 14.3. The maximum absolute atomic E-state index is 12.5. The van der Waals surface area contributed by atoms with Crippen LogP contribution in [-0.2, 0) is 0 Å². The maximum Gasteiger partial charge on any atom is 0.282 e. The zero-order valence-corrected chi connectivity index (χ0v) is 15.1. The summed E-state index contributed by atoms with van der Waals surface area (Å²) in [5.74, 6) is -1.30. The first kappa shape index (κ1) is 19.1. The third-order valence-electron chi connectivity index (χ3n) is 3.89. The van der Waals surface area contributed by atoms with Gasteiger partial charge in [-0.2, -0.15) is 0 Å². The molecule has 3 rings (SSSR count). The molecule has 0 spiro atoms. The number of amides is 2. The van der Waals surface area contributed by atoms with Gasteiger partial charge in [0.2, 0.25) is 0 Å². The Morgan fingerprint density at radius 3 is 2.63 bits per heavy atom. The second-order valence-electron chi connectivity index (χ2n) is 5.72. The smallest absolute Gasteiger partial charge is 0.282 e. The van der Waals surface area contributed by atoms with Crippen molar-refractivity contribution in [2.24, 2.45) is 0 Å². The summed E-state index contributed by atoms with van der Waals surface area (Å²) in [5.41, 5.74) is -0.802. The highest BCUT2D eigenvalue weighted by atomic mass is 35.5. The molecule has 0 saturated heterocycles. The van der Waals surface area contributed by atoms with Crippen molar-refractivity contribution in [3.63, 3.8) is 0 Å². The molecule has 140 valence electrons. The molecule has 0 bridgehead atoms. The van der Waals surface area contributed by atoms with Crippen molar-refractivity contribution in [1.29, 1.82) is 0 Å². The molecule has 0 saturated carbocycles. The Morgan fingerprint density at radius 1 is 1.19 bits per heavy atom. The molecule has 2 amide bonds. The van der Waals surface area contributed by atoms with Crippen LogP contribution in [0.25, 0.3) is 0 Å². The summed E-state index contributed by atoms with van der Waals surface area (Å²) in [6, 6.07) is 8.35. The van der Waals surface area contributed by atoms with Gasteiger partial charge in [-0.15, -0.1) is 0 Å². The Bertz CT molecular complexity index is 949. The van der Waals surface area contributed by atoms with E-state index in [1.807, 2.05) is 0 Å². The Hall–Kier alpha value is -2.68. The minimum Gasteiger partial charge on any atom is -0.489 e. The van der Waals surface area contributed by atoms with Gasteiger partial charge in [0.05, 0.1) is 22.1 Å². The predicted octanol–water partition coefficient (Wildman–Crippen LogP) is 2.94. The molecule has 0 unspecified atom stereocenters. The number of benzene rings is 2. The van der Waals surface area contributed by atoms with Gasteiger partial charge in [0.25, 0.3) is 17.5 Å². The highest BCUT2D eigenvalue weighted by Gasteiger charge is 2.41. The van der Waals surface area contributed by atoms with E-state index in [0.717, 1.165) is 11.0 Å². The molecule has 0 aromatic heterocycles. The first-order valence-corrected chi connectivity index (χ1v) is 8.44. The number of fused-ring (bicyclic) bond motifs is 1. The average molecular weight is 411 g/mol. The van der Waals surface area contributed by atoms with Crippen molar-refractivity contribution >= 4 is 40.7 Å². The van der Waals surface area contributed by atoms with Crippen LogP contribution in [-0.4, -0.2) is 46.0 Å². The molecular weight excluding hydrogens is 399 g/mol. The lowest BCUT2D eigenvalue weighted by Gasteiger charge is -2.19. The molecule has 8 nitrogen and oxygen atoms in total. The summed E-state index contributed by atoms with van der Waals surface area (Å²) >= 11 is 11.8. The molecule has 1 atom stereocenters. The Balaban J connectivity index is 1.72.